The number of nitrogens with zero attached hydrogens (tertiary/aromatic N) is 5. The van der Waals surface area contributed by atoms with Crippen LogP contribution in [0.2, 0.25) is 5.02 Å². The minimum atomic E-state index is 0.385. The van der Waals surface area contributed by atoms with Gasteiger partial charge < -0.3 is 15.1 Å². The van der Waals surface area contributed by atoms with Crippen molar-refractivity contribution in [3.8, 4) is 0 Å². The number of anilines is 3. The van der Waals surface area contributed by atoms with Crippen molar-refractivity contribution in [1.29, 1.82) is 0 Å². The highest BCUT2D eigenvalue weighted by Gasteiger charge is 2.22. The molecule has 0 unspecified atom stereocenters. The summed E-state index contributed by atoms with van der Waals surface area (Å²) >= 11 is 11.9. The maximum atomic E-state index is 6.27. The number of halogens is 1. The van der Waals surface area contributed by atoms with Gasteiger partial charge in [0.2, 0.25) is 17.0 Å². The second-order valence-electron chi connectivity index (χ2n) is 8.88. The lowest BCUT2D eigenvalue weighted by Gasteiger charge is -2.38. The highest BCUT2D eigenvalue weighted by molar-refractivity contribution is 7.80. The fraction of sp³-hybridized carbons (Fsp3) is 0.333. The van der Waals surface area contributed by atoms with Gasteiger partial charge >= 0.3 is 0 Å². The Labute approximate surface area is 223 Å². The monoisotopic (exact) mass is 521 g/mol. The number of para-hydroxylation sites is 1. The van der Waals surface area contributed by atoms with E-state index in [1.165, 1.54) is 16.8 Å². The van der Waals surface area contributed by atoms with E-state index in [0.29, 0.717) is 17.0 Å². The van der Waals surface area contributed by atoms with Crippen LogP contribution in [-0.2, 0) is 6.42 Å². The van der Waals surface area contributed by atoms with E-state index in [1.54, 1.807) is 0 Å². The number of hydrogen-bond donors (Lipinski definition) is 2. The van der Waals surface area contributed by atoms with Crippen molar-refractivity contribution in [2.24, 2.45) is 4.99 Å². The van der Waals surface area contributed by atoms with E-state index < -0.39 is 0 Å². The van der Waals surface area contributed by atoms with Crippen molar-refractivity contribution in [3.63, 3.8) is 0 Å². The third-order valence-corrected chi connectivity index (χ3v) is 6.57. The lowest BCUT2D eigenvalue weighted by molar-refractivity contribution is 0.385. The Bertz CT molecular complexity index is 1250. The number of rotatable bonds is 4. The molecule has 3 aromatic rings. The first kappa shape index (κ1) is 25.9. The van der Waals surface area contributed by atoms with Gasteiger partial charge in [0.15, 0.2) is 0 Å². The molecule has 0 atom stereocenters. The number of aryl methyl sites for hydroxylation is 4. The molecule has 0 spiro atoms. The van der Waals surface area contributed by atoms with Crippen LogP contribution in [0.5, 0.6) is 0 Å². The molecular formula is C27H32ClN7S. The maximum absolute atomic E-state index is 6.27. The van der Waals surface area contributed by atoms with Crippen molar-refractivity contribution >= 4 is 52.2 Å². The van der Waals surface area contributed by atoms with Gasteiger partial charge in [-0.1, -0.05) is 42.8 Å². The van der Waals surface area contributed by atoms with Gasteiger partial charge in [0, 0.05) is 54.0 Å². The largest absolute Gasteiger partial charge is 0.368 e. The summed E-state index contributed by atoms with van der Waals surface area (Å²) in [5.74, 6) is 1.14. The molecule has 2 heterocycles. The molecule has 1 aliphatic heterocycles. The highest BCUT2D eigenvalue weighted by Crippen LogP contribution is 2.25. The summed E-state index contributed by atoms with van der Waals surface area (Å²) in [6.45, 7) is 11.3. The maximum Gasteiger partial charge on any atom is 0.229 e. The van der Waals surface area contributed by atoms with Crippen LogP contribution in [0.3, 0.4) is 0 Å². The van der Waals surface area contributed by atoms with E-state index in [4.69, 9.17) is 28.8 Å². The molecule has 7 nitrogen and oxygen atoms in total. The Morgan fingerprint density at radius 2 is 1.67 bits per heavy atom. The molecule has 1 aliphatic rings. The van der Waals surface area contributed by atoms with Crippen LogP contribution in [0.25, 0.3) is 0 Å². The summed E-state index contributed by atoms with van der Waals surface area (Å²) < 4.78 is 0. The van der Waals surface area contributed by atoms with Gasteiger partial charge in [-0.15, -0.1) is 0 Å². The predicted octanol–water partition coefficient (Wildman–Crippen LogP) is 5.60. The third-order valence-electron chi connectivity index (χ3n) is 6.14. The normalized spacial score (nSPS) is 14.1. The molecule has 0 amide bonds. The van der Waals surface area contributed by atoms with E-state index in [1.807, 2.05) is 50.2 Å². The number of piperazine rings is 1. The van der Waals surface area contributed by atoms with E-state index in [-0.39, 0.29) is 0 Å². The highest BCUT2D eigenvalue weighted by atomic mass is 35.5. The Hall–Kier alpha value is -3.23. The van der Waals surface area contributed by atoms with Gasteiger partial charge in [0.25, 0.3) is 0 Å². The van der Waals surface area contributed by atoms with Gasteiger partial charge in [0.05, 0.1) is 0 Å². The van der Waals surface area contributed by atoms with Gasteiger partial charge in [0.1, 0.15) is 0 Å². The van der Waals surface area contributed by atoms with Crippen LogP contribution < -0.4 is 15.5 Å². The summed E-state index contributed by atoms with van der Waals surface area (Å²) in [7, 11) is 0. The topological polar surface area (TPSA) is 68.7 Å². The lowest BCUT2D eigenvalue weighted by atomic mass is 10.1. The Morgan fingerprint density at radius 3 is 2.36 bits per heavy atom. The van der Waals surface area contributed by atoms with E-state index >= 15 is 0 Å². The van der Waals surface area contributed by atoms with E-state index in [9.17, 15) is 0 Å². The first-order valence-electron chi connectivity index (χ1n) is 12.2. The SMILES string of the molecule is CCc1ccccc1NC(=S)/N=C(/Nc1nc(C)cc(C)n1)N1CCN(c2cc(Cl)ccc2C)CC1. The molecule has 4 rings (SSSR count). The second-order valence-corrected chi connectivity index (χ2v) is 9.70. The molecule has 0 aliphatic carbocycles. The number of benzene rings is 2. The molecule has 0 saturated carbocycles. The molecule has 1 aromatic heterocycles. The number of guanidine groups is 1. The molecular weight excluding hydrogens is 490 g/mol. The van der Waals surface area contributed by atoms with E-state index in [0.717, 1.165) is 54.7 Å². The molecule has 2 N–H and O–H groups in total. The van der Waals surface area contributed by atoms with Gasteiger partial charge in [-0.05, 0) is 74.8 Å². The second kappa shape index (κ2) is 11.7. The van der Waals surface area contributed by atoms with E-state index in [2.05, 4.69) is 56.4 Å². The fourth-order valence-corrected chi connectivity index (χ4v) is 4.69. The van der Waals surface area contributed by atoms with Crippen molar-refractivity contribution in [3.05, 3.63) is 76.1 Å². The van der Waals surface area contributed by atoms with Crippen LogP contribution >= 0.6 is 23.8 Å². The lowest BCUT2D eigenvalue weighted by Crippen LogP contribution is -2.51. The van der Waals surface area contributed by atoms with Crippen molar-refractivity contribution in [2.45, 2.75) is 34.1 Å². The van der Waals surface area contributed by atoms with Crippen molar-refractivity contribution < 1.29 is 0 Å². The molecule has 0 radical (unpaired) electrons. The molecule has 9 heteroatoms. The number of aromatic nitrogens is 2. The zero-order chi connectivity index (χ0) is 25.7. The zero-order valence-electron chi connectivity index (χ0n) is 21.2. The summed E-state index contributed by atoms with van der Waals surface area (Å²) in [6.07, 6.45) is 0.905. The molecule has 1 fully saturated rings. The first-order chi connectivity index (χ1) is 17.3. The zero-order valence-corrected chi connectivity index (χ0v) is 22.7. The number of thiocarbonyl (C=S) groups is 1. The minimum Gasteiger partial charge on any atom is -0.368 e. The van der Waals surface area contributed by atoms with Crippen LogP contribution in [0.1, 0.15) is 29.4 Å². The van der Waals surface area contributed by atoms with Gasteiger partial charge in [-0.25, -0.2) is 9.97 Å². The molecule has 1 saturated heterocycles. The van der Waals surface area contributed by atoms with Crippen LogP contribution in [0.15, 0.2) is 53.5 Å². The average Bonchev–Trinajstić information content (AvgIpc) is 2.85. The smallest absolute Gasteiger partial charge is 0.229 e. The Morgan fingerprint density at radius 1 is 0.972 bits per heavy atom. The Kier molecular flexibility index (Phi) is 8.38. The average molecular weight is 522 g/mol. The molecule has 0 bridgehead atoms. The van der Waals surface area contributed by atoms with Crippen LogP contribution in [0.4, 0.5) is 17.3 Å². The Balaban J connectivity index is 1.56. The summed E-state index contributed by atoms with van der Waals surface area (Å²) in [4.78, 5) is 18.4. The molecule has 36 heavy (non-hydrogen) atoms. The van der Waals surface area contributed by atoms with Crippen molar-refractivity contribution in [2.75, 3.05) is 41.7 Å². The quantitative estimate of drug-likeness (QED) is 0.263. The predicted molar refractivity (Wildman–Crippen MR) is 155 cm³/mol. The minimum absolute atomic E-state index is 0.385. The number of nitrogens with one attached hydrogen (secondary N) is 2. The molecule has 188 valence electrons. The van der Waals surface area contributed by atoms with Gasteiger partial charge in [-0.3, -0.25) is 5.32 Å². The third kappa shape index (κ3) is 6.50. The standard InChI is InChI=1S/C27H32ClN7S/c1-5-21-8-6-7-9-23(21)31-27(36)33-26(32-25-29-19(3)16-20(4)30-25)35-14-12-34(13-15-35)24-17-22(28)11-10-18(24)2/h6-11,16-17H,5,12-15H2,1-4H3,(H2,29,30,31,32,33,36). The summed E-state index contributed by atoms with van der Waals surface area (Å²) in [5, 5.41) is 7.77. The summed E-state index contributed by atoms with van der Waals surface area (Å²) in [6, 6.07) is 16.1. The summed E-state index contributed by atoms with van der Waals surface area (Å²) in [5.41, 5.74) is 6.32. The van der Waals surface area contributed by atoms with Crippen molar-refractivity contribution in [1.82, 2.24) is 14.9 Å². The van der Waals surface area contributed by atoms with Crippen LogP contribution in [0, 0.1) is 20.8 Å². The fourth-order valence-electron chi connectivity index (χ4n) is 4.33. The number of hydrogen-bond acceptors (Lipinski definition) is 4. The molecule has 2 aromatic carbocycles. The number of aliphatic imine (C=N–C) groups is 1. The first-order valence-corrected chi connectivity index (χ1v) is 12.9. The van der Waals surface area contributed by atoms with Crippen LogP contribution in [-0.4, -0.2) is 52.1 Å². The van der Waals surface area contributed by atoms with Gasteiger partial charge in [-0.2, -0.15) is 4.99 Å².